The average Bonchev–Trinajstić information content (AvgIpc) is 2.18. The lowest BCUT2D eigenvalue weighted by Crippen LogP contribution is -1.95. The van der Waals surface area contributed by atoms with Crippen molar-refractivity contribution in [2.45, 2.75) is 0 Å². The van der Waals surface area contributed by atoms with Crippen molar-refractivity contribution in [2.75, 3.05) is 6.26 Å². The maximum Gasteiger partial charge on any atom is 0.281 e. The first-order valence-electron chi connectivity index (χ1n) is 3.01. The van der Waals surface area contributed by atoms with Crippen LogP contribution in [-0.4, -0.2) is 6.26 Å². The van der Waals surface area contributed by atoms with Gasteiger partial charge in [0.05, 0.1) is 0 Å². The molecule has 0 aromatic carbocycles. The fraction of sp³-hybridized carbons (Fsp3) is 0.125. The van der Waals surface area contributed by atoms with Gasteiger partial charge < -0.3 is 0 Å². The molecule has 0 N–H and O–H groups in total. The average molecular weight is 187 g/mol. The third-order valence-corrected chi connectivity index (χ3v) is 1.92. The van der Waals surface area contributed by atoms with Crippen LogP contribution in [0.25, 0.3) is 0 Å². The molecule has 0 amide bonds. The van der Waals surface area contributed by atoms with Gasteiger partial charge in [-0.2, -0.15) is 21.0 Å². The summed E-state index contributed by atoms with van der Waals surface area (Å²) in [7, 11) is 0. The predicted octanol–water partition coefficient (Wildman–Crippen LogP) is 1.27. The zero-order valence-corrected chi connectivity index (χ0v) is 7.51. The molecule has 4 nitrogen and oxygen atoms in total. The van der Waals surface area contributed by atoms with Gasteiger partial charge in [0.2, 0.25) is 29.2 Å². The summed E-state index contributed by atoms with van der Waals surface area (Å²) >= 11 is 1.04. The van der Waals surface area contributed by atoms with Crippen molar-refractivity contribution in [3.63, 3.8) is 0 Å². The molecule has 0 unspecified atom stereocenters. The Morgan fingerprint density at radius 2 is 1.54 bits per heavy atom. The minimum atomic E-state index is -0.203. The topological polar surface area (TPSA) is 95.2 Å². The molecule has 0 heterocycles. The van der Waals surface area contributed by atoms with E-state index in [1.807, 2.05) is 0 Å². The van der Waals surface area contributed by atoms with Crippen molar-refractivity contribution in [3.8, 4) is 24.3 Å². The smallest absolute Gasteiger partial charge is 0.167 e. The zero-order valence-electron chi connectivity index (χ0n) is 6.70. The minimum absolute atomic E-state index is 0.134. The first-order valence-corrected chi connectivity index (χ1v) is 4.23. The van der Waals surface area contributed by atoms with E-state index in [0.29, 0.717) is 0 Å². The molecule has 60 valence electrons. The molecule has 5 heteroatoms. The molecule has 0 radical (unpaired) electrons. The van der Waals surface area contributed by atoms with Crippen molar-refractivity contribution in [2.24, 2.45) is 0 Å². The largest absolute Gasteiger partial charge is 0.281 e. The van der Waals surface area contributed by atoms with Crippen LogP contribution in [-0.2, 0) is 0 Å². The van der Waals surface area contributed by atoms with Crippen LogP contribution in [0.15, 0.2) is 10.5 Å². The number of allylic oxidation sites excluding steroid dienone is 2. The van der Waals surface area contributed by atoms with E-state index in [-0.39, 0.29) is 16.4 Å². The summed E-state index contributed by atoms with van der Waals surface area (Å²) in [4.78, 5) is 0.134. The summed E-state index contributed by atoms with van der Waals surface area (Å²) in [5, 5.41) is 34.0. The fourth-order valence-electron chi connectivity index (χ4n) is 0.582. The van der Waals surface area contributed by atoms with Gasteiger partial charge in [0.25, 0.3) is 11.5 Å². The maximum atomic E-state index is 8.49. The van der Waals surface area contributed by atoms with Crippen LogP contribution in [0.4, 0.5) is 0 Å². The van der Waals surface area contributed by atoms with Gasteiger partial charge in [0.15, 0.2) is 0 Å². The molecule has 13 heavy (non-hydrogen) atoms. The quantitative estimate of drug-likeness (QED) is 0.479. The molecule has 0 bridgehead atoms. The first kappa shape index (κ1) is 10.9. The lowest BCUT2D eigenvalue weighted by Gasteiger charge is -1.89. The highest BCUT2D eigenvalue weighted by Crippen LogP contribution is 2.26. The Labute approximate surface area is 80.3 Å². The van der Waals surface area contributed by atoms with Crippen molar-refractivity contribution in [1.29, 1.82) is 21.0 Å². The SMILES string of the molecule is CSC(=C(C#N)C#N)[C+](C#N)C#N. The van der Waals surface area contributed by atoms with Crippen molar-refractivity contribution >= 4 is 11.8 Å². The normalized spacial score (nSPS) is 6.85. The summed E-state index contributed by atoms with van der Waals surface area (Å²) in [5.74, 6) is -0.203. The van der Waals surface area contributed by atoms with Gasteiger partial charge in [-0.1, -0.05) is 11.8 Å². The molecule has 0 spiro atoms. The molecule has 0 fully saturated rings. The van der Waals surface area contributed by atoms with E-state index in [0.717, 1.165) is 11.8 Å². The molecule has 0 rings (SSSR count). The minimum Gasteiger partial charge on any atom is -0.167 e. The Morgan fingerprint density at radius 1 is 1.08 bits per heavy atom. The molecule has 0 aromatic rings. The Bertz CT molecular complexity index is 352. The first-order chi connectivity index (χ1) is 6.24. The van der Waals surface area contributed by atoms with E-state index in [4.69, 9.17) is 21.0 Å². The Balaban J connectivity index is 5.30. The third kappa shape index (κ3) is 2.46. The second-order valence-electron chi connectivity index (χ2n) is 1.73. The van der Waals surface area contributed by atoms with E-state index in [2.05, 4.69) is 0 Å². The van der Waals surface area contributed by atoms with E-state index in [9.17, 15) is 0 Å². The number of nitrogens with zero attached hydrogens (tertiary/aromatic N) is 4. The van der Waals surface area contributed by atoms with Crippen LogP contribution < -0.4 is 0 Å². The molecule has 0 aliphatic rings. The molecule has 0 saturated heterocycles. The third-order valence-electron chi connectivity index (χ3n) is 1.11. The van der Waals surface area contributed by atoms with Crippen molar-refractivity contribution in [3.05, 3.63) is 16.4 Å². The van der Waals surface area contributed by atoms with Crippen LogP contribution in [0.5, 0.6) is 0 Å². The molecule has 0 saturated carbocycles. The lowest BCUT2D eigenvalue weighted by molar-refractivity contribution is 1.35. The van der Waals surface area contributed by atoms with E-state index in [1.165, 1.54) is 0 Å². The second-order valence-corrected chi connectivity index (χ2v) is 2.55. The number of rotatable bonds is 2. The van der Waals surface area contributed by atoms with Gasteiger partial charge in [-0.15, -0.1) is 0 Å². The lowest BCUT2D eigenvalue weighted by atomic mass is 10.1. The molecule has 0 aliphatic carbocycles. The molecular weight excluding hydrogens is 184 g/mol. The van der Waals surface area contributed by atoms with Crippen molar-refractivity contribution < 1.29 is 0 Å². The van der Waals surface area contributed by atoms with E-state index in [1.54, 1.807) is 30.5 Å². The summed E-state index contributed by atoms with van der Waals surface area (Å²) in [5.41, 5.74) is -0.203. The number of hydrogen-bond acceptors (Lipinski definition) is 5. The van der Waals surface area contributed by atoms with Crippen LogP contribution in [0, 0.1) is 51.2 Å². The van der Waals surface area contributed by atoms with Crippen LogP contribution in [0.3, 0.4) is 0 Å². The number of thioether (sulfide) groups is 1. The van der Waals surface area contributed by atoms with Crippen molar-refractivity contribution in [1.82, 2.24) is 0 Å². The zero-order chi connectivity index (χ0) is 10.3. The summed E-state index contributed by atoms with van der Waals surface area (Å²) in [6.07, 6.45) is 1.60. The highest BCUT2D eigenvalue weighted by molar-refractivity contribution is 8.02. The Kier molecular flexibility index (Phi) is 4.67. The monoisotopic (exact) mass is 187 g/mol. The van der Waals surface area contributed by atoms with E-state index >= 15 is 0 Å². The molecule has 0 atom stereocenters. The number of hydrogen-bond donors (Lipinski definition) is 0. The van der Waals surface area contributed by atoms with Gasteiger partial charge in [0.1, 0.15) is 0 Å². The standard InChI is InChI=1S/C8H3N4S/c1-13-8(6(2-9)3-10)7(4-11)5-12/h1H3/q+1. The van der Waals surface area contributed by atoms with Gasteiger partial charge in [0, 0.05) is 0 Å². The molecule has 0 aromatic heterocycles. The van der Waals surface area contributed by atoms with Crippen LogP contribution >= 0.6 is 11.8 Å². The van der Waals surface area contributed by atoms with Gasteiger partial charge in [-0.25, -0.2) is 0 Å². The summed E-state index contributed by atoms with van der Waals surface area (Å²) in [6, 6.07) is 6.51. The summed E-state index contributed by atoms with van der Waals surface area (Å²) in [6.45, 7) is 0. The summed E-state index contributed by atoms with van der Waals surface area (Å²) < 4.78 is 0. The van der Waals surface area contributed by atoms with Crippen LogP contribution in [0.2, 0.25) is 0 Å². The van der Waals surface area contributed by atoms with Crippen LogP contribution in [0.1, 0.15) is 0 Å². The van der Waals surface area contributed by atoms with Gasteiger partial charge >= 0.3 is 0 Å². The van der Waals surface area contributed by atoms with E-state index < -0.39 is 0 Å². The van der Waals surface area contributed by atoms with Gasteiger partial charge in [-0.05, 0) is 6.26 Å². The fourth-order valence-corrected chi connectivity index (χ4v) is 1.17. The Hall–Kier alpha value is -2.08. The predicted molar refractivity (Wildman–Crippen MR) is 46.2 cm³/mol. The maximum absolute atomic E-state index is 8.49. The second kappa shape index (κ2) is 5.56. The Morgan fingerprint density at radius 3 is 1.77 bits per heavy atom. The highest BCUT2D eigenvalue weighted by Gasteiger charge is 2.29. The molecular formula is C8H3N4S+. The van der Waals surface area contributed by atoms with Gasteiger partial charge in [-0.3, -0.25) is 0 Å². The highest BCUT2D eigenvalue weighted by atomic mass is 32.2. The number of nitriles is 4. The molecule has 0 aliphatic heterocycles.